The van der Waals surface area contributed by atoms with Crippen LogP contribution in [0.5, 0.6) is 0 Å². The topological polar surface area (TPSA) is 78.9 Å². The van der Waals surface area contributed by atoms with Gasteiger partial charge in [-0.15, -0.1) is 0 Å². The molecule has 0 bridgehead atoms. The van der Waals surface area contributed by atoms with Gasteiger partial charge >= 0.3 is 17.9 Å². The van der Waals surface area contributed by atoms with Crippen molar-refractivity contribution in [2.24, 2.45) is 0 Å². The lowest BCUT2D eigenvalue weighted by atomic mass is 10.1. The molecule has 0 rings (SSSR count). The van der Waals surface area contributed by atoms with Crippen LogP contribution in [0.3, 0.4) is 0 Å². The van der Waals surface area contributed by atoms with Gasteiger partial charge in [0.2, 0.25) is 0 Å². The van der Waals surface area contributed by atoms with Crippen molar-refractivity contribution in [2.45, 2.75) is 258 Å². The molecule has 6 heteroatoms. The first-order chi connectivity index (χ1) is 33.0. The third-order valence-electron chi connectivity index (χ3n) is 11.5. The zero-order chi connectivity index (χ0) is 48.6. The fraction of sp³-hybridized carbons (Fsp3) is 0.689. The second-order valence-corrected chi connectivity index (χ2v) is 18.1. The number of carbonyl (C=O) groups excluding carboxylic acids is 3. The van der Waals surface area contributed by atoms with E-state index in [1.54, 1.807) is 0 Å². The van der Waals surface area contributed by atoms with Gasteiger partial charge < -0.3 is 14.2 Å². The van der Waals surface area contributed by atoms with Gasteiger partial charge in [0.05, 0.1) is 0 Å². The molecule has 0 saturated heterocycles. The number of esters is 3. The minimum Gasteiger partial charge on any atom is -0.462 e. The molecular weight excluding hydrogens is 829 g/mol. The summed E-state index contributed by atoms with van der Waals surface area (Å²) in [5, 5.41) is 0. The maximum atomic E-state index is 12.8. The smallest absolute Gasteiger partial charge is 0.306 e. The van der Waals surface area contributed by atoms with Crippen molar-refractivity contribution in [3.63, 3.8) is 0 Å². The number of rotatable bonds is 49. The Labute approximate surface area is 413 Å². The van der Waals surface area contributed by atoms with E-state index in [1.165, 1.54) is 89.9 Å². The highest BCUT2D eigenvalue weighted by molar-refractivity contribution is 5.71. The van der Waals surface area contributed by atoms with Crippen LogP contribution in [-0.4, -0.2) is 37.2 Å². The minimum atomic E-state index is -0.804. The minimum absolute atomic E-state index is 0.0984. The van der Waals surface area contributed by atoms with Crippen molar-refractivity contribution in [3.05, 3.63) is 97.2 Å². The molecular formula is C61H102O6. The monoisotopic (exact) mass is 931 g/mol. The van der Waals surface area contributed by atoms with Crippen molar-refractivity contribution in [2.75, 3.05) is 13.2 Å². The number of unbranched alkanes of at least 4 members (excludes halogenated alkanes) is 22. The summed E-state index contributed by atoms with van der Waals surface area (Å²) in [5.74, 6) is -0.949. The molecule has 0 fully saturated rings. The lowest BCUT2D eigenvalue weighted by Gasteiger charge is -2.18. The lowest BCUT2D eigenvalue weighted by molar-refractivity contribution is -0.167. The third-order valence-corrected chi connectivity index (χ3v) is 11.5. The average Bonchev–Trinajstić information content (AvgIpc) is 3.33. The standard InChI is InChI=1S/C61H102O6/c1-4-7-10-13-16-19-22-25-28-29-30-31-34-37-40-43-46-49-52-55-61(64)67-58(56-65-59(62)53-50-47-44-41-38-35-32-26-23-20-17-14-11-8-5-2)57-66-60(63)54-51-48-45-42-39-36-33-27-24-21-18-15-12-9-6-3/h7,10,16-17,19-21,24-26,28,30-32,37,40,58H,4-6,8-9,11-15,18,22-23,27,29,33-36,38-39,41-57H2,1-3H3/b10-7-,19-16-,20-17-,24-21-,28-25-,31-30-,32-26-,40-37-/t58-/m1/s1. The molecule has 0 N–H and O–H groups in total. The average molecular weight is 931 g/mol. The van der Waals surface area contributed by atoms with Crippen molar-refractivity contribution in [1.82, 2.24) is 0 Å². The summed E-state index contributed by atoms with van der Waals surface area (Å²) in [6, 6.07) is 0. The van der Waals surface area contributed by atoms with Gasteiger partial charge in [0.25, 0.3) is 0 Å². The number of hydrogen-bond acceptors (Lipinski definition) is 6. The van der Waals surface area contributed by atoms with Gasteiger partial charge in [0.15, 0.2) is 6.10 Å². The van der Waals surface area contributed by atoms with Crippen molar-refractivity contribution in [3.8, 4) is 0 Å². The Morgan fingerprint density at radius 1 is 0.313 bits per heavy atom. The first-order valence-electron chi connectivity index (χ1n) is 27.7. The van der Waals surface area contributed by atoms with Gasteiger partial charge in [-0.1, -0.05) is 208 Å². The second kappa shape index (κ2) is 54.9. The zero-order valence-corrected chi connectivity index (χ0v) is 43.6. The van der Waals surface area contributed by atoms with Crippen LogP contribution in [0.2, 0.25) is 0 Å². The van der Waals surface area contributed by atoms with E-state index in [4.69, 9.17) is 14.2 Å². The van der Waals surface area contributed by atoms with E-state index in [2.05, 4.69) is 118 Å². The highest BCUT2D eigenvalue weighted by Gasteiger charge is 2.19. The third kappa shape index (κ3) is 53.2. The number of carbonyl (C=O) groups is 3. The Bertz CT molecular complexity index is 1350. The van der Waals surface area contributed by atoms with Crippen LogP contribution in [0.15, 0.2) is 97.2 Å². The first-order valence-corrected chi connectivity index (χ1v) is 27.7. The summed E-state index contributed by atoms with van der Waals surface area (Å²) in [5.41, 5.74) is 0. The summed E-state index contributed by atoms with van der Waals surface area (Å²) in [6.07, 6.45) is 72.4. The molecule has 6 nitrogen and oxygen atoms in total. The van der Waals surface area contributed by atoms with Crippen LogP contribution in [0, 0.1) is 0 Å². The van der Waals surface area contributed by atoms with Crippen LogP contribution >= 0.6 is 0 Å². The molecule has 0 aliphatic carbocycles. The normalized spacial score (nSPS) is 12.8. The summed E-state index contributed by atoms with van der Waals surface area (Å²) >= 11 is 0. The second-order valence-electron chi connectivity index (χ2n) is 18.1. The molecule has 67 heavy (non-hydrogen) atoms. The van der Waals surface area contributed by atoms with E-state index in [-0.39, 0.29) is 37.5 Å². The molecule has 0 saturated carbocycles. The quantitative estimate of drug-likeness (QED) is 0.0262. The summed E-state index contributed by atoms with van der Waals surface area (Å²) in [7, 11) is 0. The maximum Gasteiger partial charge on any atom is 0.306 e. The Morgan fingerprint density at radius 2 is 0.582 bits per heavy atom. The Morgan fingerprint density at radius 3 is 0.970 bits per heavy atom. The largest absolute Gasteiger partial charge is 0.462 e. The molecule has 0 amide bonds. The molecule has 0 aliphatic rings. The van der Waals surface area contributed by atoms with E-state index in [1.807, 2.05) is 0 Å². The molecule has 0 radical (unpaired) electrons. The van der Waals surface area contributed by atoms with Gasteiger partial charge in [-0.25, -0.2) is 0 Å². The summed E-state index contributed by atoms with van der Waals surface area (Å²) in [4.78, 5) is 38.1. The van der Waals surface area contributed by atoms with E-state index in [0.29, 0.717) is 12.8 Å². The van der Waals surface area contributed by atoms with E-state index in [0.717, 1.165) is 122 Å². The van der Waals surface area contributed by atoms with Crippen LogP contribution in [0.4, 0.5) is 0 Å². The Kier molecular flexibility index (Phi) is 51.9. The van der Waals surface area contributed by atoms with E-state index < -0.39 is 6.10 Å². The van der Waals surface area contributed by atoms with Gasteiger partial charge in [-0.2, -0.15) is 0 Å². The predicted molar refractivity (Wildman–Crippen MR) is 288 cm³/mol. The zero-order valence-electron chi connectivity index (χ0n) is 43.6. The molecule has 0 heterocycles. The maximum absolute atomic E-state index is 12.8. The molecule has 0 aliphatic heterocycles. The number of hydrogen-bond donors (Lipinski definition) is 0. The molecule has 382 valence electrons. The molecule has 0 unspecified atom stereocenters. The van der Waals surface area contributed by atoms with E-state index in [9.17, 15) is 14.4 Å². The SMILES string of the molecule is CC/C=C\C/C=C\C/C=C\C/C=C\C/C=C\CCCCCC(=O)O[C@H](COC(=O)CCCCCCC/C=C\C/C=C\CCCCC)COC(=O)CCCCCCCCC/C=C\CCCCCC. The molecule has 0 aromatic heterocycles. The van der Waals surface area contributed by atoms with Gasteiger partial charge in [-0.05, 0) is 122 Å². The number of allylic oxidation sites excluding steroid dienone is 16. The fourth-order valence-corrected chi connectivity index (χ4v) is 7.37. The van der Waals surface area contributed by atoms with Crippen LogP contribution in [0.25, 0.3) is 0 Å². The van der Waals surface area contributed by atoms with Crippen molar-refractivity contribution < 1.29 is 28.6 Å². The Balaban J connectivity index is 4.49. The van der Waals surface area contributed by atoms with Gasteiger partial charge in [0, 0.05) is 19.3 Å². The van der Waals surface area contributed by atoms with Crippen LogP contribution in [0.1, 0.15) is 252 Å². The van der Waals surface area contributed by atoms with Gasteiger partial charge in [0.1, 0.15) is 13.2 Å². The van der Waals surface area contributed by atoms with E-state index >= 15 is 0 Å². The number of ether oxygens (including phenoxy) is 3. The summed E-state index contributed by atoms with van der Waals surface area (Å²) < 4.78 is 16.8. The highest BCUT2D eigenvalue weighted by atomic mass is 16.6. The molecule has 0 spiro atoms. The molecule has 0 aromatic carbocycles. The summed E-state index contributed by atoms with van der Waals surface area (Å²) in [6.45, 7) is 6.44. The van der Waals surface area contributed by atoms with Crippen LogP contribution < -0.4 is 0 Å². The highest BCUT2D eigenvalue weighted by Crippen LogP contribution is 2.14. The first kappa shape index (κ1) is 63.3. The molecule has 1 atom stereocenters. The van der Waals surface area contributed by atoms with Gasteiger partial charge in [-0.3, -0.25) is 14.4 Å². The Hall–Kier alpha value is -3.67. The fourth-order valence-electron chi connectivity index (χ4n) is 7.37. The molecule has 0 aromatic rings. The lowest BCUT2D eigenvalue weighted by Crippen LogP contribution is -2.30. The van der Waals surface area contributed by atoms with Crippen molar-refractivity contribution in [1.29, 1.82) is 0 Å². The van der Waals surface area contributed by atoms with Crippen molar-refractivity contribution >= 4 is 17.9 Å². The van der Waals surface area contributed by atoms with Crippen LogP contribution in [-0.2, 0) is 28.6 Å². The predicted octanol–water partition coefficient (Wildman–Crippen LogP) is 18.5.